The molecule has 1 amide bonds. The van der Waals surface area contributed by atoms with Crippen molar-refractivity contribution in [1.82, 2.24) is 4.90 Å². The van der Waals surface area contributed by atoms with Gasteiger partial charge in [-0.2, -0.15) is 0 Å². The standard InChI is InChI=1S/C10H17NO/c1-4-9-5-6-11(7-9)10(12)8(2)3/h4,8-9H,1,5-7H2,2-3H3. The molecule has 1 saturated heterocycles. The van der Waals surface area contributed by atoms with Gasteiger partial charge in [0.15, 0.2) is 0 Å². The molecule has 0 aliphatic carbocycles. The monoisotopic (exact) mass is 167 g/mol. The lowest BCUT2D eigenvalue weighted by molar-refractivity contribution is -0.133. The van der Waals surface area contributed by atoms with E-state index in [9.17, 15) is 4.79 Å². The van der Waals surface area contributed by atoms with Crippen LogP contribution in [0.3, 0.4) is 0 Å². The van der Waals surface area contributed by atoms with Crippen molar-refractivity contribution in [1.29, 1.82) is 0 Å². The Labute approximate surface area is 74.2 Å². The van der Waals surface area contributed by atoms with Crippen LogP contribution in [0.2, 0.25) is 0 Å². The molecule has 1 fully saturated rings. The smallest absolute Gasteiger partial charge is 0.225 e. The van der Waals surface area contributed by atoms with E-state index in [2.05, 4.69) is 6.58 Å². The molecule has 1 rings (SSSR count). The molecule has 1 atom stereocenters. The number of hydrogen-bond donors (Lipinski definition) is 0. The Morgan fingerprint density at radius 3 is 2.75 bits per heavy atom. The molecule has 1 unspecified atom stereocenters. The Morgan fingerprint density at radius 1 is 1.67 bits per heavy atom. The zero-order valence-electron chi connectivity index (χ0n) is 7.92. The van der Waals surface area contributed by atoms with Crippen molar-refractivity contribution in [2.24, 2.45) is 11.8 Å². The molecule has 68 valence electrons. The third-order valence-corrected chi connectivity index (χ3v) is 2.36. The van der Waals surface area contributed by atoms with Gasteiger partial charge in [-0.05, 0) is 12.3 Å². The summed E-state index contributed by atoms with van der Waals surface area (Å²) >= 11 is 0. The van der Waals surface area contributed by atoms with E-state index in [-0.39, 0.29) is 11.8 Å². The van der Waals surface area contributed by atoms with Crippen molar-refractivity contribution >= 4 is 5.91 Å². The third-order valence-electron chi connectivity index (χ3n) is 2.36. The number of carbonyl (C=O) groups is 1. The SMILES string of the molecule is C=CC1CCN(C(=O)C(C)C)C1. The lowest BCUT2D eigenvalue weighted by Gasteiger charge is -2.17. The lowest BCUT2D eigenvalue weighted by atomic mass is 10.1. The number of hydrogen-bond acceptors (Lipinski definition) is 1. The molecule has 0 aromatic heterocycles. The van der Waals surface area contributed by atoms with Gasteiger partial charge >= 0.3 is 0 Å². The fourth-order valence-corrected chi connectivity index (χ4v) is 1.55. The van der Waals surface area contributed by atoms with E-state index < -0.39 is 0 Å². The molecule has 0 radical (unpaired) electrons. The first kappa shape index (κ1) is 9.30. The first-order chi connectivity index (χ1) is 5.65. The van der Waals surface area contributed by atoms with Gasteiger partial charge in [0.1, 0.15) is 0 Å². The van der Waals surface area contributed by atoms with E-state index in [0.717, 1.165) is 19.5 Å². The number of carbonyl (C=O) groups excluding carboxylic acids is 1. The molecule has 0 aromatic carbocycles. The molecular weight excluding hydrogens is 150 g/mol. The van der Waals surface area contributed by atoms with Gasteiger partial charge in [-0.25, -0.2) is 0 Å². The predicted octanol–water partition coefficient (Wildman–Crippen LogP) is 1.68. The van der Waals surface area contributed by atoms with Crippen molar-refractivity contribution in [3.8, 4) is 0 Å². The van der Waals surface area contributed by atoms with Crippen molar-refractivity contribution in [3.05, 3.63) is 12.7 Å². The van der Waals surface area contributed by atoms with Crippen LogP contribution in [0.4, 0.5) is 0 Å². The van der Waals surface area contributed by atoms with Crippen LogP contribution in [0.15, 0.2) is 12.7 Å². The largest absolute Gasteiger partial charge is 0.342 e. The average molecular weight is 167 g/mol. The highest BCUT2D eigenvalue weighted by Crippen LogP contribution is 2.18. The summed E-state index contributed by atoms with van der Waals surface area (Å²) in [6.45, 7) is 9.43. The molecule has 1 aliphatic rings. The average Bonchev–Trinajstić information content (AvgIpc) is 2.50. The fraction of sp³-hybridized carbons (Fsp3) is 0.700. The Hall–Kier alpha value is -0.790. The summed E-state index contributed by atoms with van der Waals surface area (Å²) in [7, 11) is 0. The van der Waals surface area contributed by atoms with Crippen LogP contribution in [0.25, 0.3) is 0 Å². The van der Waals surface area contributed by atoms with Crippen LogP contribution in [0, 0.1) is 11.8 Å². The van der Waals surface area contributed by atoms with E-state index in [1.54, 1.807) is 0 Å². The van der Waals surface area contributed by atoms with E-state index in [1.165, 1.54) is 0 Å². The normalized spacial score (nSPS) is 23.2. The van der Waals surface area contributed by atoms with Crippen molar-refractivity contribution in [2.45, 2.75) is 20.3 Å². The maximum atomic E-state index is 11.5. The second-order valence-electron chi connectivity index (χ2n) is 3.72. The number of nitrogens with zero attached hydrogens (tertiary/aromatic N) is 1. The van der Waals surface area contributed by atoms with E-state index >= 15 is 0 Å². The maximum Gasteiger partial charge on any atom is 0.225 e. The van der Waals surface area contributed by atoms with Gasteiger partial charge < -0.3 is 4.90 Å². The maximum absolute atomic E-state index is 11.5. The summed E-state index contributed by atoms with van der Waals surface area (Å²) in [6, 6.07) is 0. The zero-order chi connectivity index (χ0) is 9.14. The summed E-state index contributed by atoms with van der Waals surface area (Å²) < 4.78 is 0. The predicted molar refractivity (Wildman–Crippen MR) is 49.7 cm³/mol. The number of likely N-dealkylation sites (tertiary alicyclic amines) is 1. The molecule has 1 heterocycles. The van der Waals surface area contributed by atoms with Crippen molar-refractivity contribution in [3.63, 3.8) is 0 Å². The number of rotatable bonds is 2. The highest BCUT2D eigenvalue weighted by atomic mass is 16.2. The molecule has 2 heteroatoms. The summed E-state index contributed by atoms with van der Waals surface area (Å²) in [6.07, 6.45) is 3.04. The first-order valence-electron chi connectivity index (χ1n) is 4.56. The molecule has 2 nitrogen and oxygen atoms in total. The van der Waals surface area contributed by atoms with Gasteiger partial charge in [0.05, 0.1) is 0 Å². The van der Waals surface area contributed by atoms with Crippen molar-refractivity contribution < 1.29 is 4.79 Å². The first-order valence-corrected chi connectivity index (χ1v) is 4.56. The Balaban J connectivity index is 2.46. The third kappa shape index (κ3) is 1.87. The highest BCUT2D eigenvalue weighted by Gasteiger charge is 2.25. The minimum Gasteiger partial charge on any atom is -0.342 e. The van der Waals surface area contributed by atoms with Crippen LogP contribution in [0.1, 0.15) is 20.3 Å². The highest BCUT2D eigenvalue weighted by molar-refractivity contribution is 5.78. The molecule has 0 N–H and O–H groups in total. The van der Waals surface area contributed by atoms with Gasteiger partial charge in [0.25, 0.3) is 0 Å². The van der Waals surface area contributed by atoms with Gasteiger partial charge in [-0.15, -0.1) is 6.58 Å². The van der Waals surface area contributed by atoms with Gasteiger partial charge in [-0.3, -0.25) is 4.79 Å². The molecule has 0 spiro atoms. The summed E-state index contributed by atoms with van der Waals surface area (Å²) in [5.41, 5.74) is 0. The molecule has 12 heavy (non-hydrogen) atoms. The molecule has 0 saturated carbocycles. The Kier molecular flexibility index (Phi) is 2.90. The lowest BCUT2D eigenvalue weighted by Crippen LogP contribution is -2.31. The van der Waals surface area contributed by atoms with E-state index in [1.807, 2.05) is 24.8 Å². The van der Waals surface area contributed by atoms with Crippen LogP contribution in [0.5, 0.6) is 0 Å². The molecule has 1 aliphatic heterocycles. The minimum atomic E-state index is 0.133. The van der Waals surface area contributed by atoms with E-state index in [0.29, 0.717) is 5.92 Å². The van der Waals surface area contributed by atoms with Gasteiger partial charge in [0, 0.05) is 19.0 Å². The second kappa shape index (κ2) is 3.74. The summed E-state index contributed by atoms with van der Waals surface area (Å²) in [5, 5.41) is 0. The Bertz CT molecular complexity index is 186. The fourth-order valence-electron chi connectivity index (χ4n) is 1.55. The summed E-state index contributed by atoms with van der Waals surface area (Å²) in [4.78, 5) is 13.4. The summed E-state index contributed by atoms with van der Waals surface area (Å²) in [5.74, 6) is 0.931. The second-order valence-corrected chi connectivity index (χ2v) is 3.72. The minimum absolute atomic E-state index is 0.133. The van der Waals surface area contributed by atoms with Crippen LogP contribution >= 0.6 is 0 Å². The molecule has 0 bridgehead atoms. The number of amides is 1. The van der Waals surface area contributed by atoms with Crippen molar-refractivity contribution in [2.75, 3.05) is 13.1 Å². The van der Waals surface area contributed by atoms with Crippen LogP contribution < -0.4 is 0 Å². The van der Waals surface area contributed by atoms with E-state index in [4.69, 9.17) is 0 Å². The van der Waals surface area contributed by atoms with Crippen LogP contribution in [-0.4, -0.2) is 23.9 Å². The van der Waals surface area contributed by atoms with Crippen LogP contribution in [-0.2, 0) is 4.79 Å². The topological polar surface area (TPSA) is 20.3 Å². The van der Waals surface area contributed by atoms with Gasteiger partial charge in [0.2, 0.25) is 5.91 Å². The molecular formula is C10H17NO. The molecule has 0 aromatic rings. The quantitative estimate of drug-likeness (QED) is 0.573. The zero-order valence-corrected chi connectivity index (χ0v) is 7.92. The van der Waals surface area contributed by atoms with Gasteiger partial charge in [-0.1, -0.05) is 19.9 Å². The Morgan fingerprint density at radius 2 is 2.33 bits per heavy atom.